The average molecular weight is 326 g/mol. The molecule has 2 rings (SSSR count). The molecule has 0 spiro atoms. The first kappa shape index (κ1) is 15.0. The molecule has 1 aliphatic heterocycles. The van der Waals surface area contributed by atoms with Crippen LogP contribution in [0.1, 0.15) is 18.0 Å². The summed E-state index contributed by atoms with van der Waals surface area (Å²) in [5.41, 5.74) is 1.38. The molecule has 0 aromatic heterocycles. The average Bonchev–Trinajstić information content (AvgIpc) is 2.38. The molecule has 0 amide bonds. The molecule has 3 nitrogen and oxygen atoms in total. The van der Waals surface area contributed by atoms with Crippen molar-refractivity contribution < 1.29 is 0 Å². The molecule has 2 unspecified atom stereocenters. The number of piperazine rings is 1. The topological polar surface area (TPSA) is 18.5 Å². The van der Waals surface area contributed by atoms with Crippen molar-refractivity contribution in [1.82, 2.24) is 15.1 Å². The van der Waals surface area contributed by atoms with Crippen molar-refractivity contribution in [3.05, 3.63) is 34.3 Å². The molecule has 1 N–H and O–H groups in total. The van der Waals surface area contributed by atoms with Crippen LogP contribution in [0.3, 0.4) is 0 Å². The minimum absolute atomic E-state index is 0.447. The maximum atomic E-state index is 3.69. The van der Waals surface area contributed by atoms with Crippen molar-refractivity contribution in [2.45, 2.75) is 18.5 Å². The summed E-state index contributed by atoms with van der Waals surface area (Å²) in [5.74, 6) is 0. The van der Waals surface area contributed by atoms with E-state index in [4.69, 9.17) is 0 Å². The van der Waals surface area contributed by atoms with Gasteiger partial charge in [0.2, 0.25) is 0 Å². The van der Waals surface area contributed by atoms with E-state index in [9.17, 15) is 0 Å². The lowest BCUT2D eigenvalue weighted by molar-refractivity contribution is 0.149. The summed E-state index contributed by atoms with van der Waals surface area (Å²) in [4.78, 5) is 4.80. The molecule has 106 valence electrons. The van der Waals surface area contributed by atoms with Crippen LogP contribution < -0.4 is 5.32 Å². The molecular formula is C15H24BrN3. The maximum absolute atomic E-state index is 3.69. The Balaban J connectivity index is 2.14. The lowest BCUT2D eigenvalue weighted by Crippen LogP contribution is -2.50. The van der Waals surface area contributed by atoms with E-state index in [0.29, 0.717) is 12.1 Å². The zero-order chi connectivity index (χ0) is 13.8. The zero-order valence-corrected chi connectivity index (χ0v) is 13.7. The molecule has 0 radical (unpaired) electrons. The van der Waals surface area contributed by atoms with Gasteiger partial charge in [-0.25, -0.2) is 0 Å². The van der Waals surface area contributed by atoms with Gasteiger partial charge in [-0.2, -0.15) is 0 Å². The predicted octanol–water partition coefficient (Wildman–Crippen LogP) is 2.35. The Morgan fingerprint density at radius 1 is 1.42 bits per heavy atom. The van der Waals surface area contributed by atoms with Crippen molar-refractivity contribution in [3.63, 3.8) is 0 Å². The molecule has 2 atom stereocenters. The lowest BCUT2D eigenvalue weighted by Gasteiger charge is -2.37. The standard InChI is InChI=1S/C15H24BrN3/c1-18(2)15(13-6-4-5-7-14(13)16)10-12-11-17-8-9-19(12)3/h4-7,12,15,17H,8-11H2,1-3H3. The Morgan fingerprint density at radius 2 is 2.16 bits per heavy atom. The molecule has 1 heterocycles. The quantitative estimate of drug-likeness (QED) is 0.916. The molecule has 0 saturated carbocycles. The van der Waals surface area contributed by atoms with E-state index in [1.807, 2.05) is 0 Å². The van der Waals surface area contributed by atoms with E-state index in [1.54, 1.807) is 0 Å². The second-order valence-electron chi connectivity index (χ2n) is 5.58. The number of likely N-dealkylation sites (N-methyl/N-ethyl adjacent to an activating group) is 1. The Labute approximate surface area is 125 Å². The lowest BCUT2D eigenvalue weighted by atomic mass is 9.96. The minimum Gasteiger partial charge on any atom is -0.314 e. The molecule has 4 heteroatoms. The smallest absolute Gasteiger partial charge is 0.0368 e. The third-order valence-corrected chi connectivity index (χ3v) is 4.75. The van der Waals surface area contributed by atoms with Crippen molar-refractivity contribution in [2.24, 2.45) is 0 Å². The van der Waals surface area contributed by atoms with E-state index in [1.165, 1.54) is 10.0 Å². The largest absolute Gasteiger partial charge is 0.314 e. The first-order valence-electron chi connectivity index (χ1n) is 6.91. The Kier molecular flexibility index (Phi) is 5.39. The molecular weight excluding hydrogens is 302 g/mol. The predicted molar refractivity (Wildman–Crippen MR) is 84.5 cm³/mol. The van der Waals surface area contributed by atoms with Crippen LogP contribution in [0, 0.1) is 0 Å². The van der Waals surface area contributed by atoms with Gasteiger partial charge in [0, 0.05) is 36.2 Å². The minimum atomic E-state index is 0.447. The molecule has 0 bridgehead atoms. The van der Waals surface area contributed by atoms with E-state index in [-0.39, 0.29) is 0 Å². The van der Waals surface area contributed by atoms with Gasteiger partial charge in [-0.15, -0.1) is 0 Å². The first-order chi connectivity index (χ1) is 9.09. The summed E-state index contributed by atoms with van der Waals surface area (Å²) in [6, 6.07) is 9.62. The van der Waals surface area contributed by atoms with Crippen molar-refractivity contribution in [3.8, 4) is 0 Å². The number of nitrogens with one attached hydrogen (secondary N) is 1. The van der Waals surface area contributed by atoms with Gasteiger partial charge in [0.1, 0.15) is 0 Å². The molecule has 1 aromatic rings. The van der Waals surface area contributed by atoms with E-state index >= 15 is 0 Å². The van der Waals surface area contributed by atoms with Gasteiger partial charge in [0.05, 0.1) is 0 Å². The summed E-state index contributed by atoms with van der Waals surface area (Å²) in [6.07, 6.45) is 1.15. The molecule has 19 heavy (non-hydrogen) atoms. The highest BCUT2D eigenvalue weighted by Gasteiger charge is 2.25. The Bertz CT molecular complexity index is 408. The van der Waals surface area contributed by atoms with Crippen LogP contribution in [-0.2, 0) is 0 Å². The fourth-order valence-corrected chi connectivity index (χ4v) is 3.29. The molecule has 1 aliphatic rings. The van der Waals surface area contributed by atoms with Crippen molar-refractivity contribution in [2.75, 3.05) is 40.8 Å². The van der Waals surface area contributed by atoms with Gasteiger partial charge >= 0.3 is 0 Å². The zero-order valence-electron chi connectivity index (χ0n) is 12.1. The van der Waals surface area contributed by atoms with Gasteiger partial charge in [0.15, 0.2) is 0 Å². The van der Waals surface area contributed by atoms with Gasteiger partial charge < -0.3 is 15.1 Å². The highest BCUT2D eigenvalue weighted by Crippen LogP contribution is 2.30. The third-order valence-electron chi connectivity index (χ3n) is 4.03. The monoisotopic (exact) mass is 325 g/mol. The summed E-state index contributed by atoms with van der Waals surface area (Å²) in [6.45, 7) is 3.33. The van der Waals surface area contributed by atoms with Crippen molar-refractivity contribution >= 4 is 15.9 Å². The van der Waals surface area contributed by atoms with Gasteiger partial charge in [-0.05, 0) is 39.2 Å². The first-order valence-corrected chi connectivity index (χ1v) is 7.70. The normalized spacial score (nSPS) is 22.7. The van der Waals surface area contributed by atoms with Crippen LogP contribution in [0.5, 0.6) is 0 Å². The number of hydrogen-bond acceptors (Lipinski definition) is 3. The molecule has 0 aliphatic carbocycles. The van der Waals surface area contributed by atoms with Crippen LogP contribution in [0.2, 0.25) is 0 Å². The van der Waals surface area contributed by atoms with Crippen LogP contribution in [-0.4, -0.2) is 56.6 Å². The highest BCUT2D eigenvalue weighted by molar-refractivity contribution is 9.10. The van der Waals surface area contributed by atoms with Crippen LogP contribution in [0.25, 0.3) is 0 Å². The third kappa shape index (κ3) is 3.78. The second-order valence-corrected chi connectivity index (χ2v) is 6.43. The number of hydrogen-bond donors (Lipinski definition) is 1. The van der Waals surface area contributed by atoms with E-state index in [2.05, 4.69) is 76.5 Å². The number of rotatable bonds is 4. The summed E-state index contributed by atoms with van der Waals surface area (Å²) >= 11 is 3.69. The fraction of sp³-hybridized carbons (Fsp3) is 0.600. The van der Waals surface area contributed by atoms with Gasteiger partial charge in [0.25, 0.3) is 0 Å². The van der Waals surface area contributed by atoms with Crippen LogP contribution in [0.15, 0.2) is 28.7 Å². The Morgan fingerprint density at radius 3 is 2.79 bits per heavy atom. The molecule has 1 saturated heterocycles. The number of halogens is 1. The summed E-state index contributed by atoms with van der Waals surface area (Å²) in [5, 5.41) is 3.50. The van der Waals surface area contributed by atoms with Crippen LogP contribution in [0.4, 0.5) is 0 Å². The van der Waals surface area contributed by atoms with Gasteiger partial charge in [-0.3, -0.25) is 0 Å². The van der Waals surface area contributed by atoms with E-state index in [0.717, 1.165) is 26.1 Å². The van der Waals surface area contributed by atoms with Gasteiger partial charge in [-0.1, -0.05) is 34.1 Å². The number of nitrogens with zero attached hydrogens (tertiary/aromatic N) is 2. The SMILES string of the molecule is CN(C)C(CC1CNCCN1C)c1ccccc1Br. The highest BCUT2D eigenvalue weighted by atomic mass is 79.9. The van der Waals surface area contributed by atoms with Crippen molar-refractivity contribution in [1.29, 1.82) is 0 Å². The Hall–Kier alpha value is -0.420. The molecule has 1 fully saturated rings. The second kappa shape index (κ2) is 6.84. The number of benzene rings is 1. The summed E-state index contributed by atoms with van der Waals surface area (Å²) in [7, 11) is 6.57. The maximum Gasteiger partial charge on any atom is 0.0368 e. The van der Waals surface area contributed by atoms with Crippen LogP contribution >= 0.6 is 15.9 Å². The fourth-order valence-electron chi connectivity index (χ4n) is 2.74. The van der Waals surface area contributed by atoms with E-state index < -0.39 is 0 Å². The summed E-state index contributed by atoms with van der Waals surface area (Å²) < 4.78 is 1.21. The molecule has 1 aromatic carbocycles.